The molecule has 1 saturated carbocycles. The van der Waals surface area contributed by atoms with Crippen LogP contribution in [-0.2, 0) is 4.79 Å². The van der Waals surface area contributed by atoms with Crippen molar-refractivity contribution < 1.29 is 23.1 Å². The molecular formula is C7H9F3O2. The van der Waals surface area contributed by atoms with Crippen LogP contribution in [0.15, 0.2) is 0 Å². The van der Waals surface area contributed by atoms with Gasteiger partial charge in [0.2, 0.25) is 0 Å². The van der Waals surface area contributed by atoms with E-state index in [1.165, 1.54) is 6.92 Å². The van der Waals surface area contributed by atoms with Crippen LogP contribution < -0.4 is 0 Å². The Balaban J connectivity index is 2.75. The van der Waals surface area contributed by atoms with Crippen LogP contribution in [0.5, 0.6) is 0 Å². The van der Waals surface area contributed by atoms with Crippen LogP contribution in [0.4, 0.5) is 13.2 Å². The highest BCUT2D eigenvalue weighted by Crippen LogP contribution is 2.62. The molecule has 70 valence electrons. The van der Waals surface area contributed by atoms with Gasteiger partial charge in [0.05, 0.1) is 11.3 Å². The molecule has 1 aliphatic carbocycles. The van der Waals surface area contributed by atoms with Gasteiger partial charge in [0.1, 0.15) is 0 Å². The topological polar surface area (TPSA) is 37.3 Å². The van der Waals surface area contributed by atoms with E-state index in [-0.39, 0.29) is 12.8 Å². The second-order valence-corrected chi connectivity index (χ2v) is 3.11. The van der Waals surface area contributed by atoms with E-state index in [1.807, 2.05) is 0 Å². The van der Waals surface area contributed by atoms with Gasteiger partial charge in [-0.15, -0.1) is 0 Å². The summed E-state index contributed by atoms with van der Waals surface area (Å²) in [5.74, 6) is -2.96. The van der Waals surface area contributed by atoms with Crippen molar-refractivity contribution in [3.63, 3.8) is 0 Å². The summed E-state index contributed by atoms with van der Waals surface area (Å²) in [6.45, 7) is 1.47. The summed E-state index contributed by atoms with van der Waals surface area (Å²) in [7, 11) is 0. The van der Waals surface area contributed by atoms with Crippen molar-refractivity contribution in [1.29, 1.82) is 0 Å². The fourth-order valence-corrected chi connectivity index (χ4v) is 1.51. The van der Waals surface area contributed by atoms with Gasteiger partial charge in [0, 0.05) is 0 Å². The third-order valence-electron chi connectivity index (χ3n) is 2.53. The Kier molecular flexibility index (Phi) is 1.85. The fraction of sp³-hybridized carbons (Fsp3) is 0.857. The van der Waals surface area contributed by atoms with Crippen LogP contribution in [0.2, 0.25) is 0 Å². The SMILES string of the molecule is CCC1(C(=O)O)CC1C(F)(F)F. The zero-order valence-electron chi connectivity index (χ0n) is 6.48. The largest absolute Gasteiger partial charge is 0.481 e. The van der Waals surface area contributed by atoms with Gasteiger partial charge >= 0.3 is 12.1 Å². The lowest BCUT2D eigenvalue weighted by molar-refractivity contribution is -0.168. The lowest BCUT2D eigenvalue weighted by atomic mass is 10.0. The molecule has 2 nitrogen and oxygen atoms in total. The number of alkyl halides is 3. The molecule has 0 bridgehead atoms. The molecular weight excluding hydrogens is 173 g/mol. The van der Waals surface area contributed by atoms with E-state index in [0.717, 1.165) is 0 Å². The van der Waals surface area contributed by atoms with E-state index in [2.05, 4.69) is 0 Å². The molecule has 0 heterocycles. The Hall–Kier alpha value is -0.740. The Morgan fingerprint density at radius 3 is 2.25 bits per heavy atom. The zero-order chi connectivity index (χ0) is 9.57. The summed E-state index contributed by atoms with van der Waals surface area (Å²) in [6.07, 6.45) is -4.57. The quantitative estimate of drug-likeness (QED) is 0.709. The molecule has 2 unspecified atom stereocenters. The molecule has 2 atom stereocenters. The minimum atomic E-state index is -4.35. The number of carboxylic acid groups (broad SMARTS) is 1. The van der Waals surface area contributed by atoms with Crippen molar-refractivity contribution in [2.24, 2.45) is 11.3 Å². The van der Waals surface area contributed by atoms with E-state index in [0.29, 0.717) is 0 Å². The second-order valence-electron chi connectivity index (χ2n) is 3.11. The first kappa shape index (κ1) is 9.35. The van der Waals surface area contributed by atoms with Crippen LogP contribution in [0, 0.1) is 11.3 Å². The van der Waals surface area contributed by atoms with Crippen LogP contribution in [0.1, 0.15) is 19.8 Å². The van der Waals surface area contributed by atoms with E-state index in [9.17, 15) is 18.0 Å². The van der Waals surface area contributed by atoms with E-state index >= 15 is 0 Å². The summed E-state index contributed by atoms with van der Waals surface area (Å²) in [6, 6.07) is 0. The Morgan fingerprint density at radius 2 is 2.17 bits per heavy atom. The minimum Gasteiger partial charge on any atom is -0.481 e. The molecule has 0 saturated heterocycles. The average Bonchev–Trinajstić information content (AvgIpc) is 2.60. The fourth-order valence-electron chi connectivity index (χ4n) is 1.51. The number of carbonyl (C=O) groups is 1. The molecule has 1 N–H and O–H groups in total. The predicted octanol–water partition coefficient (Wildman–Crippen LogP) is 2.05. The second kappa shape index (κ2) is 2.37. The standard InChI is InChI=1S/C7H9F3O2/c1-2-6(5(11)12)3-4(6)7(8,9)10/h4H,2-3H2,1H3,(H,11,12). The van der Waals surface area contributed by atoms with Crippen LogP contribution in [0.3, 0.4) is 0 Å². The van der Waals surface area contributed by atoms with Gasteiger partial charge in [0.25, 0.3) is 0 Å². The van der Waals surface area contributed by atoms with E-state index in [1.54, 1.807) is 0 Å². The first-order valence-electron chi connectivity index (χ1n) is 3.64. The summed E-state index contributed by atoms with van der Waals surface area (Å²) >= 11 is 0. The molecule has 12 heavy (non-hydrogen) atoms. The summed E-state index contributed by atoms with van der Waals surface area (Å²) in [5.41, 5.74) is -1.52. The Morgan fingerprint density at radius 1 is 1.67 bits per heavy atom. The minimum absolute atomic E-state index is 0.0481. The molecule has 0 radical (unpaired) electrons. The monoisotopic (exact) mass is 182 g/mol. The molecule has 1 aliphatic rings. The molecule has 0 aromatic heterocycles. The molecule has 1 fully saturated rings. The highest BCUT2D eigenvalue weighted by molar-refractivity contribution is 5.78. The van der Waals surface area contributed by atoms with Crippen molar-refractivity contribution >= 4 is 5.97 Å². The smallest absolute Gasteiger partial charge is 0.392 e. The van der Waals surface area contributed by atoms with Gasteiger partial charge in [-0.25, -0.2) is 0 Å². The normalized spacial score (nSPS) is 34.8. The average molecular weight is 182 g/mol. The van der Waals surface area contributed by atoms with Gasteiger partial charge in [0.15, 0.2) is 0 Å². The van der Waals surface area contributed by atoms with Gasteiger partial charge in [-0.2, -0.15) is 13.2 Å². The summed E-state index contributed by atoms with van der Waals surface area (Å²) in [4.78, 5) is 10.5. The number of hydrogen-bond acceptors (Lipinski definition) is 1. The number of carboxylic acids is 1. The Bertz CT molecular complexity index is 211. The van der Waals surface area contributed by atoms with Crippen LogP contribution in [0.25, 0.3) is 0 Å². The van der Waals surface area contributed by atoms with Crippen molar-refractivity contribution in [1.82, 2.24) is 0 Å². The highest BCUT2D eigenvalue weighted by Gasteiger charge is 2.70. The number of rotatable bonds is 2. The molecule has 0 aromatic rings. The first-order valence-corrected chi connectivity index (χ1v) is 3.64. The lowest BCUT2D eigenvalue weighted by Gasteiger charge is -2.11. The summed E-state index contributed by atoms with van der Waals surface area (Å²) < 4.78 is 36.1. The van der Waals surface area contributed by atoms with E-state index < -0.39 is 23.5 Å². The molecule has 0 aliphatic heterocycles. The molecule has 1 rings (SSSR count). The first-order chi connectivity index (χ1) is 5.34. The van der Waals surface area contributed by atoms with Crippen molar-refractivity contribution in [2.45, 2.75) is 25.9 Å². The summed E-state index contributed by atoms with van der Waals surface area (Å²) in [5, 5.41) is 8.54. The maximum absolute atomic E-state index is 12.0. The molecule has 0 spiro atoms. The van der Waals surface area contributed by atoms with Crippen molar-refractivity contribution in [3.8, 4) is 0 Å². The lowest BCUT2D eigenvalue weighted by Crippen LogP contribution is -2.23. The van der Waals surface area contributed by atoms with Crippen LogP contribution >= 0.6 is 0 Å². The number of halogens is 3. The maximum Gasteiger partial charge on any atom is 0.392 e. The predicted molar refractivity (Wildman–Crippen MR) is 34.5 cm³/mol. The number of hydrogen-bond donors (Lipinski definition) is 1. The molecule has 5 heteroatoms. The third kappa shape index (κ3) is 1.17. The zero-order valence-corrected chi connectivity index (χ0v) is 6.48. The Labute approximate surface area is 67.4 Å². The van der Waals surface area contributed by atoms with Gasteiger partial charge in [-0.3, -0.25) is 4.79 Å². The molecule has 0 aromatic carbocycles. The van der Waals surface area contributed by atoms with Gasteiger partial charge in [-0.1, -0.05) is 6.92 Å². The van der Waals surface area contributed by atoms with Gasteiger partial charge in [-0.05, 0) is 12.8 Å². The highest BCUT2D eigenvalue weighted by atomic mass is 19.4. The van der Waals surface area contributed by atoms with Gasteiger partial charge < -0.3 is 5.11 Å². The van der Waals surface area contributed by atoms with Crippen molar-refractivity contribution in [2.75, 3.05) is 0 Å². The third-order valence-corrected chi connectivity index (χ3v) is 2.53. The maximum atomic E-state index is 12.0. The van der Waals surface area contributed by atoms with E-state index in [4.69, 9.17) is 5.11 Å². The molecule has 0 amide bonds. The number of aliphatic carboxylic acids is 1. The van der Waals surface area contributed by atoms with Crippen LogP contribution in [-0.4, -0.2) is 17.3 Å². The van der Waals surface area contributed by atoms with Crippen molar-refractivity contribution in [3.05, 3.63) is 0 Å².